The van der Waals surface area contributed by atoms with Gasteiger partial charge in [0, 0.05) is 19.7 Å². The molecular formula is C18H25NO5. The largest absolute Gasteiger partial charge is 0.481 e. The Hall–Kier alpha value is -1.92. The summed E-state index contributed by atoms with van der Waals surface area (Å²) >= 11 is 0. The van der Waals surface area contributed by atoms with Crippen LogP contribution in [0.15, 0.2) is 30.3 Å². The van der Waals surface area contributed by atoms with Crippen LogP contribution in [0, 0.1) is 5.41 Å². The van der Waals surface area contributed by atoms with Crippen LogP contribution in [-0.2, 0) is 20.7 Å². The van der Waals surface area contributed by atoms with Crippen LogP contribution in [0.3, 0.4) is 0 Å². The maximum atomic E-state index is 12.1. The Kier molecular flexibility index (Phi) is 6.34. The summed E-state index contributed by atoms with van der Waals surface area (Å²) in [6, 6.07) is 9.29. The summed E-state index contributed by atoms with van der Waals surface area (Å²) in [5, 5.41) is 20.3. The Bertz CT molecular complexity index is 562. The van der Waals surface area contributed by atoms with E-state index in [1.807, 2.05) is 37.3 Å². The van der Waals surface area contributed by atoms with Crippen LogP contribution >= 0.6 is 0 Å². The zero-order valence-corrected chi connectivity index (χ0v) is 14.0. The van der Waals surface area contributed by atoms with Crippen LogP contribution in [0.2, 0.25) is 0 Å². The van der Waals surface area contributed by atoms with Gasteiger partial charge in [-0.05, 0) is 25.3 Å². The molecule has 0 unspecified atom stereocenters. The number of aliphatic hydroxyl groups is 1. The molecule has 1 aliphatic rings. The van der Waals surface area contributed by atoms with E-state index in [0.717, 1.165) is 5.56 Å². The lowest BCUT2D eigenvalue weighted by Crippen LogP contribution is -2.57. The van der Waals surface area contributed by atoms with E-state index in [9.17, 15) is 19.8 Å². The third-order valence-electron chi connectivity index (χ3n) is 4.66. The first-order valence-electron chi connectivity index (χ1n) is 8.30. The van der Waals surface area contributed by atoms with Crippen molar-refractivity contribution in [1.82, 2.24) is 4.90 Å². The van der Waals surface area contributed by atoms with E-state index in [4.69, 9.17) is 4.74 Å². The number of nitrogens with zero attached hydrogens (tertiary/aromatic N) is 1. The predicted molar refractivity (Wildman–Crippen MR) is 88.5 cm³/mol. The van der Waals surface area contributed by atoms with E-state index in [0.29, 0.717) is 19.8 Å². The fourth-order valence-corrected chi connectivity index (χ4v) is 3.16. The van der Waals surface area contributed by atoms with Gasteiger partial charge in [-0.2, -0.15) is 0 Å². The number of carboxylic acid groups (broad SMARTS) is 1. The first-order chi connectivity index (χ1) is 11.5. The van der Waals surface area contributed by atoms with E-state index in [1.54, 1.807) is 0 Å². The zero-order chi connectivity index (χ0) is 17.6. The number of likely N-dealkylation sites (tertiary alicyclic amines) is 1. The smallest absolute Gasteiger partial charge is 0.312 e. The van der Waals surface area contributed by atoms with Gasteiger partial charge < -0.3 is 19.8 Å². The summed E-state index contributed by atoms with van der Waals surface area (Å²) in [5.74, 6) is -1.12. The molecule has 0 saturated carbocycles. The SMILES string of the molecule is CCOCCC(=O)N1CC[C@](Cc2ccccc2)(C(=O)O)[C@@H](O)C1. The average molecular weight is 335 g/mol. The van der Waals surface area contributed by atoms with Gasteiger partial charge in [0.15, 0.2) is 0 Å². The number of β-amino-alcohol motifs (C(OH)–C–C–N with tert-alkyl or cyclic N) is 1. The van der Waals surface area contributed by atoms with Crippen molar-refractivity contribution in [2.45, 2.75) is 32.3 Å². The molecule has 6 heteroatoms. The number of piperidine rings is 1. The van der Waals surface area contributed by atoms with Crippen LogP contribution in [0.5, 0.6) is 0 Å². The Morgan fingerprint density at radius 2 is 2.04 bits per heavy atom. The number of carboxylic acids is 1. The highest BCUT2D eigenvalue weighted by atomic mass is 16.5. The number of ether oxygens (including phenoxy) is 1. The van der Waals surface area contributed by atoms with Gasteiger partial charge in [-0.3, -0.25) is 9.59 Å². The summed E-state index contributed by atoms with van der Waals surface area (Å²) in [5.41, 5.74) is -0.381. The minimum atomic E-state index is -1.25. The highest BCUT2D eigenvalue weighted by Gasteiger charge is 2.49. The number of benzene rings is 1. The van der Waals surface area contributed by atoms with Crippen LogP contribution in [0.25, 0.3) is 0 Å². The van der Waals surface area contributed by atoms with Crippen LogP contribution in [-0.4, -0.2) is 59.4 Å². The summed E-state index contributed by atoms with van der Waals surface area (Å²) < 4.78 is 5.18. The van der Waals surface area contributed by atoms with Crippen LogP contribution < -0.4 is 0 Å². The van der Waals surface area contributed by atoms with Crippen LogP contribution in [0.4, 0.5) is 0 Å². The maximum absolute atomic E-state index is 12.1. The molecule has 132 valence electrons. The Morgan fingerprint density at radius 1 is 1.33 bits per heavy atom. The normalized spacial score (nSPS) is 23.9. The molecule has 6 nitrogen and oxygen atoms in total. The average Bonchev–Trinajstić information content (AvgIpc) is 2.57. The van der Waals surface area contributed by atoms with Crippen molar-refractivity contribution in [2.24, 2.45) is 5.41 Å². The van der Waals surface area contributed by atoms with Crippen molar-refractivity contribution in [3.63, 3.8) is 0 Å². The summed E-state index contributed by atoms with van der Waals surface area (Å²) in [6.07, 6.45) is -0.358. The highest BCUT2D eigenvalue weighted by molar-refractivity contribution is 5.79. The first-order valence-corrected chi connectivity index (χ1v) is 8.30. The van der Waals surface area contributed by atoms with Crippen molar-refractivity contribution < 1.29 is 24.5 Å². The van der Waals surface area contributed by atoms with E-state index in [2.05, 4.69) is 0 Å². The van der Waals surface area contributed by atoms with Crippen molar-refractivity contribution in [2.75, 3.05) is 26.3 Å². The molecule has 1 fully saturated rings. The van der Waals surface area contributed by atoms with Crippen molar-refractivity contribution in [3.05, 3.63) is 35.9 Å². The molecule has 1 aromatic carbocycles. The quantitative estimate of drug-likeness (QED) is 0.734. The van der Waals surface area contributed by atoms with Gasteiger partial charge in [0.1, 0.15) is 5.41 Å². The number of hydrogen-bond acceptors (Lipinski definition) is 4. The second-order valence-electron chi connectivity index (χ2n) is 6.18. The van der Waals surface area contributed by atoms with Gasteiger partial charge in [-0.25, -0.2) is 0 Å². The van der Waals surface area contributed by atoms with E-state index >= 15 is 0 Å². The van der Waals surface area contributed by atoms with Gasteiger partial charge in [-0.1, -0.05) is 30.3 Å². The van der Waals surface area contributed by atoms with Crippen molar-refractivity contribution >= 4 is 11.9 Å². The number of carbonyl (C=O) groups excluding carboxylic acids is 1. The van der Waals surface area contributed by atoms with Gasteiger partial charge >= 0.3 is 5.97 Å². The lowest BCUT2D eigenvalue weighted by atomic mass is 9.71. The summed E-state index contributed by atoms with van der Waals surface area (Å²) in [7, 11) is 0. The van der Waals surface area contributed by atoms with Crippen LogP contribution in [0.1, 0.15) is 25.3 Å². The Morgan fingerprint density at radius 3 is 2.62 bits per heavy atom. The minimum Gasteiger partial charge on any atom is -0.481 e. The zero-order valence-electron chi connectivity index (χ0n) is 14.0. The number of aliphatic carboxylic acids is 1. The highest BCUT2D eigenvalue weighted by Crippen LogP contribution is 2.36. The number of carbonyl (C=O) groups is 2. The molecule has 1 saturated heterocycles. The molecule has 0 bridgehead atoms. The van der Waals surface area contributed by atoms with Gasteiger partial charge in [0.05, 0.1) is 19.1 Å². The second-order valence-corrected chi connectivity index (χ2v) is 6.18. The molecule has 1 aliphatic heterocycles. The second kappa shape index (κ2) is 8.26. The molecule has 0 aliphatic carbocycles. The van der Waals surface area contributed by atoms with E-state index < -0.39 is 17.5 Å². The van der Waals surface area contributed by atoms with Gasteiger partial charge in [0.2, 0.25) is 5.91 Å². The van der Waals surface area contributed by atoms with Gasteiger partial charge in [0.25, 0.3) is 0 Å². The molecule has 0 aromatic heterocycles. The van der Waals surface area contributed by atoms with Gasteiger partial charge in [-0.15, -0.1) is 0 Å². The number of hydrogen-bond donors (Lipinski definition) is 2. The van der Waals surface area contributed by atoms with Crippen molar-refractivity contribution in [3.8, 4) is 0 Å². The Balaban J connectivity index is 2.05. The molecule has 2 rings (SSSR count). The fraction of sp³-hybridized carbons (Fsp3) is 0.556. The predicted octanol–water partition coefficient (Wildman–Crippen LogP) is 1.32. The molecular weight excluding hydrogens is 310 g/mol. The molecule has 1 amide bonds. The monoisotopic (exact) mass is 335 g/mol. The molecule has 24 heavy (non-hydrogen) atoms. The summed E-state index contributed by atoms with van der Waals surface area (Å²) in [4.78, 5) is 25.6. The molecule has 2 N–H and O–H groups in total. The molecule has 2 atom stereocenters. The molecule has 0 radical (unpaired) electrons. The third-order valence-corrected chi connectivity index (χ3v) is 4.66. The lowest BCUT2D eigenvalue weighted by molar-refractivity contribution is -0.166. The number of rotatable bonds is 7. The minimum absolute atomic E-state index is 0.0457. The summed E-state index contributed by atoms with van der Waals surface area (Å²) in [6.45, 7) is 3.14. The van der Waals surface area contributed by atoms with Crippen molar-refractivity contribution in [1.29, 1.82) is 0 Å². The molecule has 1 aromatic rings. The Labute approximate surface area is 142 Å². The maximum Gasteiger partial charge on any atom is 0.312 e. The van der Waals surface area contributed by atoms with E-state index in [1.165, 1.54) is 4.90 Å². The van der Waals surface area contributed by atoms with E-state index in [-0.39, 0.29) is 31.7 Å². The molecule has 1 heterocycles. The number of amides is 1. The topological polar surface area (TPSA) is 87.1 Å². The standard InChI is InChI=1S/C18H25NO5/c1-2-24-11-8-16(21)19-10-9-18(17(22)23,15(20)13-19)12-14-6-4-3-5-7-14/h3-7,15,20H,2,8-13H2,1H3,(H,22,23)/t15-,18+/m0/s1. The third kappa shape index (κ3) is 4.13. The first kappa shape index (κ1) is 18.4. The lowest BCUT2D eigenvalue weighted by Gasteiger charge is -2.43. The molecule has 0 spiro atoms. The fourth-order valence-electron chi connectivity index (χ4n) is 3.16. The number of aliphatic hydroxyl groups excluding tert-OH is 1.